The maximum atomic E-state index is 5.62. The van der Waals surface area contributed by atoms with E-state index < -0.39 is 0 Å². The Morgan fingerprint density at radius 3 is 2.87 bits per heavy atom. The number of halogens is 1. The molecule has 0 saturated carbocycles. The third kappa shape index (κ3) is 2.79. The Morgan fingerprint density at radius 2 is 2.20 bits per heavy atom. The second kappa shape index (κ2) is 4.77. The van der Waals surface area contributed by atoms with Crippen molar-refractivity contribution in [1.82, 2.24) is 4.98 Å². The number of nitrogens with two attached hydrogens (primary N) is 1. The predicted octanol–water partition coefficient (Wildman–Crippen LogP) is 3.27. The second-order valence-corrected chi connectivity index (χ2v) is 5.14. The van der Waals surface area contributed by atoms with Crippen molar-refractivity contribution < 1.29 is 0 Å². The molecule has 0 aliphatic rings. The Morgan fingerprint density at radius 1 is 1.33 bits per heavy atom. The van der Waals surface area contributed by atoms with Crippen LogP contribution in [0.25, 0.3) is 0 Å². The molecule has 0 bridgehead atoms. The molecule has 78 valence electrons. The summed E-state index contributed by atoms with van der Waals surface area (Å²) in [6.45, 7) is 0. The molecule has 0 fully saturated rings. The highest BCUT2D eigenvalue weighted by molar-refractivity contribution is 9.10. The fourth-order valence-corrected chi connectivity index (χ4v) is 2.97. The first-order chi connectivity index (χ1) is 7.25. The molecular formula is C11H11BrN2S. The Labute approximate surface area is 101 Å². The molecule has 0 aromatic carbocycles. The lowest BCUT2D eigenvalue weighted by molar-refractivity contribution is 0.972. The number of hydrogen-bond donors (Lipinski definition) is 1. The minimum Gasteiger partial charge on any atom is -0.384 e. The van der Waals surface area contributed by atoms with E-state index in [-0.39, 0.29) is 0 Å². The zero-order chi connectivity index (χ0) is 10.7. The highest BCUT2D eigenvalue weighted by Gasteiger charge is 2.02. The van der Waals surface area contributed by atoms with Crippen LogP contribution in [0, 0.1) is 0 Å². The molecule has 2 N–H and O–H groups in total. The van der Waals surface area contributed by atoms with Crippen LogP contribution in [0.2, 0.25) is 0 Å². The lowest BCUT2D eigenvalue weighted by Crippen LogP contribution is -1.94. The van der Waals surface area contributed by atoms with Gasteiger partial charge in [-0.1, -0.05) is 0 Å². The maximum Gasteiger partial charge on any atom is 0.123 e. The number of thiophene rings is 1. The van der Waals surface area contributed by atoms with E-state index in [1.807, 2.05) is 12.1 Å². The van der Waals surface area contributed by atoms with E-state index in [1.165, 1.54) is 14.9 Å². The van der Waals surface area contributed by atoms with Crippen molar-refractivity contribution in [3.05, 3.63) is 44.7 Å². The number of nitrogens with zero attached hydrogens (tertiary/aromatic N) is 1. The molecule has 0 radical (unpaired) electrons. The summed E-state index contributed by atoms with van der Waals surface area (Å²) < 4.78 is 1.20. The summed E-state index contributed by atoms with van der Waals surface area (Å²) in [6.07, 6.45) is 3.81. The topological polar surface area (TPSA) is 38.9 Å². The Kier molecular flexibility index (Phi) is 3.38. The lowest BCUT2D eigenvalue weighted by atomic mass is 10.1. The number of aromatic nitrogens is 1. The molecule has 0 spiro atoms. The van der Waals surface area contributed by atoms with E-state index in [1.54, 1.807) is 17.5 Å². The number of aryl methyl sites for hydroxylation is 2. The third-order valence-corrected chi connectivity index (χ3v) is 4.16. The van der Waals surface area contributed by atoms with E-state index in [2.05, 4.69) is 32.4 Å². The summed E-state index contributed by atoms with van der Waals surface area (Å²) in [6, 6.07) is 6.03. The maximum absolute atomic E-state index is 5.62. The molecule has 4 heteroatoms. The van der Waals surface area contributed by atoms with Crippen molar-refractivity contribution in [2.24, 2.45) is 0 Å². The van der Waals surface area contributed by atoms with Crippen molar-refractivity contribution in [3.8, 4) is 0 Å². The molecule has 0 aliphatic carbocycles. The van der Waals surface area contributed by atoms with Gasteiger partial charge in [-0.2, -0.15) is 0 Å². The van der Waals surface area contributed by atoms with Crippen LogP contribution in [0.1, 0.15) is 10.4 Å². The molecule has 0 atom stereocenters. The standard InChI is InChI=1S/C11H11BrN2S/c12-9-4-6-15-10(9)2-1-8-3-5-14-11(13)7-8/h3-7H,1-2H2,(H2,13,14). The number of anilines is 1. The summed E-state index contributed by atoms with van der Waals surface area (Å²) in [4.78, 5) is 5.35. The molecule has 0 aliphatic heterocycles. The Hall–Kier alpha value is -0.870. The van der Waals surface area contributed by atoms with Crippen LogP contribution >= 0.6 is 27.3 Å². The van der Waals surface area contributed by atoms with Crippen molar-refractivity contribution >= 4 is 33.1 Å². The molecule has 2 heterocycles. The van der Waals surface area contributed by atoms with Gasteiger partial charge in [0.25, 0.3) is 0 Å². The van der Waals surface area contributed by atoms with Crippen LogP contribution in [0.3, 0.4) is 0 Å². The van der Waals surface area contributed by atoms with Gasteiger partial charge in [-0.15, -0.1) is 11.3 Å². The number of nitrogen functional groups attached to an aromatic ring is 1. The van der Waals surface area contributed by atoms with E-state index in [4.69, 9.17) is 5.73 Å². The van der Waals surface area contributed by atoms with Crippen molar-refractivity contribution in [1.29, 1.82) is 0 Å². The summed E-state index contributed by atoms with van der Waals surface area (Å²) >= 11 is 5.31. The highest BCUT2D eigenvalue weighted by atomic mass is 79.9. The van der Waals surface area contributed by atoms with Gasteiger partial charge in [0.1, 0.15) is 5.82 Å². The average molecular weight is 283 g/mol. The van der Waals surface area contributed by atoms with Gasteiger partial charge in [0.2, 0.25) is 0 Å². The van der Waals surface area contributed by atoms with Crippen LogP contribution in [0.15, 0.2) is 34.2 Å². The van der Waals surface area contributed by atoms with Gasteiger partial charge in [-0.05, 0) is 57.9 Å². The van der Waals surface area contributed by atoms with E-state index >= 15 is 0 Å². The zero-order valence-electron chi connectivity index (χ0n) is 8.11. The third-order valence-electron chi connectivity index (χ3n) is 2.18. The lowest BCUT2D eigenvalue weighted by Gasteiger charge is -2.01. The molecule has 2 nitrogen and oxygen atoms in total. The molecule has 0 saturated heterocycles. The van der Waals surface area contributed by atoms with Crippen LogP contribution < -0.4 is 5.73 Å². The van der Waals surface area contributed by atoms with Gasteiger partial charge in [-0.3, -0.25) is 0 Å². The van der Waals surface area contributed by atoms with Gasteiger partial charge in [0, 0.05) is 15.5 Å². The minimum atomic E-state index is 0.595. The smallest absolute Gasteiger partial charge is 0.123 e. The van der Waals surface area contributed by atoms with Gasteiger partial charge >= 0.3 is 0 Å². The summed E-state index contributed by atoms with van der Waals surface area (Å²) in [5.41, 5.74) is 6.86. The average Bonchev–Trinajstić information content (AvgIpc) is 2.61. The van der Waals surface area contributed by atoms with E-state index in [9.17, 15) is 0 Å². The highest BCUT2D eigenvalue weighted by Crippen LogP contribution is 2.24. The molecular weight excluding hydrogens is 272 g/mol. The number of hydrogen-bond acceptors (Lipinski definition) is 3. The molecule has 0 unspecified atom stereocenters. The molecule has 0 amide bonds. The summed E-state index contributed by atoms with van der Waals surface area (Å²) in [5, 5.41) is 2.10. The molecule has 15 heavy (non-hydrogen) atoms. The molecule has 2 rings (SSSR count). The Bertz CT molecular complexity index is 453. The predicted molar refractivity (Wildman–Crippen MR) is 68.1 cm³/mol. The normalized spacial score (nSPS) is 10.5. The second-order valence-electron chi connectivity index (χ2n) is 3.28. The van der Waals surface area contributed by atoms with Crippen LogP contribution in [0.5, 0.6) is 0 Å². The first-order valence-electron chi connectivity index (χ1n) is 4.68. The Balaban J connectivity index is 2.02. The minimum absolute atomic E-state index is 0.595. The van der Waals surface area contributed by atoms with Crippen molar-refractivity contribution in [3.63, 3.8) is 0 Å². The van der Waals surface area contributed by atoms with Gasteiger partial charge in [0.15, 0.2) is 0 Å². The van der Waals surface area contributed by atoms with Gasteiger partial charge in [0.05, 0.1) is 0 Å². The van der Waals surface area contributed by atoms with Crippen LogP contribution in [-0.2, 0) is 12.8 Å². The fourth-order valence-electron chi connectivity index (χ4n) is 1.41. The van der Waals surface area contributed by atoms with Gasteiger partial charge < -0.3 is 5.73 Å². The van der Waals surface area contributed by atoms with Gasteiger partial charge in [-0.25, -0.2) is 4.98 Å². The SMILES string of the molecule is Nc1cc(CCc2sccc2Br)ccn1. The zero-order valence-corrected chi connectivity index (χ0v) is 10.5. The van der Waals surface area contributed by atoms with Crippen molar-refractivity contribution in [2.45, 2.75) is 12.8 Å². The first kappa shape index (κ1) is 10.6. The largest absolute Gasteiger partial charge is 0.384 e. The quantitative estimate of drug-likeness (QED) is 0.939. The van der Waals surface area contributed by atoms with Crippen molar-refractivity contribution in [2.75, 3.05) is 5.73 Å². The van der Waals surface area contributed by atoms with E-state index in [0.717, 1.165) is 12.8 Å². The molecule has 2 aromatic rings. The summed E-state index contributed by atoms with van der Waals surface area (Å²) in [7, 11) is 0. The van der Waals surface area contributed by atoms with Crippen LogP contribution in [-0.4, -0.2) is 4.98 Å². The van der Waals surface area contributed by atoms with E-state index in [0.29, 0.717) is 5.82 Å². The monoisotopic (exact) mass is 282 g/mol. The fraction of sp³-hybridized carbons (Fsp3) is 0.182. The first-order valence-corrected chi connectivity index (χ1v) is 6.35. The van der Waals surface area contributed by atoms with Crippen LogP contribution in [0.4, 0.5) is 5.82 Å². The summed E-state index contributed by atoms with van der Waals surface area (Å²) in [5.74, 6) is 0.595. The molecule has 2 aromatic heterocycles. The number of pyridine rings is 1. The number of rotatable bonds is 3.